The molecular formula is C21H25N5O2. The maximum absolute atomic E-state index is 12.5. The molecule has 0 aliphatic carbocycles. The highest BCUT2D eigenvalue weighted by Crippen LogP contribution is 2.20. The number of aromatic nitrogens is 3. The van der Waals surface area contributed by atoms with E-state index in [4.69, 9.17) is 0 Å². The lowest BCUT2D eigenvalue weighted by Gasteiger charge is -2.34. The Bertz CT molecular complexity index is 1040. The minimum atomic E-state index is -0.122. The van der Waals surface area contributed by atoms with Crippen LogP contribution in [-0.2, 0) is 18.3 Å². The van der Waals surface area contributed by atoms with Gasteiger partial charge in [-0.1, -0.05) is 18.2 Å². The number of fused-ring (bicyclic) bond motifs is 1. The smallest absolute Gasteiger partial charge is 0.266 e. The predicted molar refractivity (Wildman–Crippen MR) is 109 cm³/mol. The van der Waals surface area contributed by atoms with E-state index in [1.54, 1.807) is 13.1 Å². The zero-order chi connectivity index (χ0) is 19.5. The number of nitrogens with zero attached hydrogens (tertiary/aromatic N) is 3. The average molecular weight is 379 g/mol. The standard InChI is InChI=1S/C21H25N5O2/c1-25-21(28)11-9-19(24-25)26-12-4-5-16(14-26)23-20(27)10-8-15-13-22-18-7-3-2-6-17(15)18/h2-3,6-7,9,11,13,16,22H,4-5,8,10,12,14H2,1H3,(H,23,27). The summed E-state index contributed by atoms with van der Waals surface area (Å²) in [4.78, 5) is 29.4. The maximum Gasteiger partial charge on any atom is 0.266 e. The summed E-state index contributed by atoms with van der Waals surface area (Å²) in [6.07, 6.45) is 5.12. The first kappa shape index (κ1) is 18.3. The lowest BCUT2D eigenvalue weighted by atomic mass is 10.0. The fourth-order valence-corrected chi connectivity index (χ4v) is 3.85. The lowest BCUT2D eigenvalue weighted by molar-refractivity contribution is -0.121. The van der Waals surface area contributed by atoms with Crippen molar-refractivity contribution in [3.05, 3.63) is 58.5 Å². The summed E-state index contributed by atoms with van der Waals surface area (Å²) in [5.74, 6) is 0.852. The van der Waals surface area contributed by atoms with Gasteiger partial charge in [-0.2, -0.15) is 5.10 Å². The van der Waals surface area contributed by atoms with E-state index in [2.05, 4.69) is 26.4 Å². The molecule has 28 heavy (non-hydrogen) atoms. The second kappa shape index (κ2) is 7.88. The molecule has 1 unspecified atom stereocenters. The van der Waals surface area contributed by atoms with Crippen LogP contribution >= 0.6 is 0 Å². The van der Waals surface area contributed by atoms with Gasteiger partial charge < -0.3 is 15.2 Å². The molecule has 1 amide bonds. The normalized spacial score (nSPS) is 17.0. The van der Waals surface area contributed by atoms with Crippen LogP contribution < -0.4 is 15.8 Å². The van der Waals surface area contributed by atoms with Crippen LogP contribution in [0.2, 0.25) is 0 Å². The molecule has 7 heteroatoms. The molecule has 7 nitrogen and oxygen atoms in total. The van der Waals surface area contributed by atoms with Crippen LogP contribution in [0.1, 0.15) is 24.8 Å². The van der Waals surface area contributed by atoms with Crippen molar-refractivity contribution in [3.8, 4) is 0 Å². The number of hydrogen-bond donors (Lipinski definition) is 2. The number of benzene rings is 1. The van der Waals surface area contributed by atoms with Gasteiger partial charge in [0.05, 0.1) is 0 Å². The number of amides is 1. The summed E-state index contributed by atoms with van der Waals surface area (Å²) in [6.45, 7) is 1.59. The number of aromatic amines is 1. The molecule has 1 fully saturated rings. The Labute approximate surface area is 163 Å². The van der Waals surface area contributed by atoms with Crippen LogP contribution in [0.15, 0.2) is 47.4 Å². The largest absolute Gasteiger partial charge is 0.361 e. The van der Waals surface area contributed by atoms with Crippen LogP contribution in [0.5, 0.6) is 0 Å². The van der Waals surface area contributed by atoms with E-state index < -0.39 is 0 Å². The molecule has 2 N–H and O–H groups in total. The minimum Gasteiger partial charge on any atom is -0.361 e. The molecule has 0 spiro atoms. The topological polar surface area (TPSA) is 83.0 Å². The van der Waals surface area contributed by atoms with E-state index in [-0.39, 0.29) is 17.5 Å². The van der Waals surface area contributed by atoms with E-state index in [0.717, 1.165) is 30.7 Å². The third kappa shape index (κ3) is 3.93. The van der Waals surface area contributed by atoms with Crippen molar-refractivity contribution in [1.29, 1.82) is 0 Å². The monoisotopic (exact) mass is 379 g/mol. The molecule has 2 aromatic heterocycles. The van der Waals surface area contributed by atoms with Crippen molar-refractivity contribution in [2.24, 2.45) is 7.05 Å². The zero-order valence-corrected chi connectivity index (χ0v) is 16.0. The molecule has 4 rings (SSSR count). The molecular weight excluding hydrogens is 354 g/mol. The number of carbonyl (C=O) groups excluding carboxylic acids is 1. The van der Waals surface area contributed by atoms with Crippen molar-refractivity contribution < 1.29 is 4.79 Å². The van der Waals surface area contributed by atoms with Gasteiger partial charge in [-0.15, -0.1) is 0 Å². The molecule has 1 atom stereocenters. The van der Waals surface area contributed by atoms with Crippen LogP contribution in [-0.4, -0.2) is 39.8 Å². The maximum atomic E-state index is 12.5. The fraction of sp³-hybridized carbons (Fsp3) is 0.381. The fourth-order valence-electron chi connectivity index (χ4n) is 3.85. The summed E-state index contributed by atoms with van der Waals surface area (Å²) in [5.41, 5.74) is 2.15. The summed E-state index contributed by atoms with van der Waals surface area (Å²) in [6, 6.07) is 11.5. The van der Waals surface area contributed by atoms with Crippen molar-refractivity contribution >= 4 is 22.6 Å². The van der Waals surface area contributed by atoms with Gasteiger partial charge >= 0.3 is 0 Å². The molecule has 3 aromatic rings. The Morgan fingerprint density at radius 1 is 1.29 bits per heavy atom. The molecule has 1 aliphatic rings. The van der Waals surface area contributed by atoms with Crippen LogP contribution in [0, 0.1) is 0 Å². The van der Waals surface area contributed by atoms with Crippen LogP contribution in [0.3, 0.4) is 0 Å². The first-order chi connectivity index (χ1) is 13.6. The number of anilines is 1. The van der Waals surface area contributed by atoms with Crippen molar-refractivity contribution in [2.45, 2.75) is 31.7 Å². The lowest BCUT2D eigenvalue weighted by Crippen LogP contribution is -2.48. The first-order valence-corrected chi connectivity index (χ1v) is 9.74. The van der Waals surface area contributed by atoms with E-state index in [1.165, 1.54) is 21.7 Å². The highest BCUT2D eigenvalue weighted by Gasteiger charge is 2.22. The van der Waals surface area contributed by atoms with Gasteiger partial charge in [0.25, 0.3) is 5.56 Å². The summed E-state index contributed by atoms with van der Waals surface area (Å²) in [7, 11) is 1.65. The number of para-hydroxylation sites is 1. The molecule has 1 saturated heterocycles. The third-order valence-electron chi connectivity index (χ3n) is 5.35. The van der Waals surface area contributed by atoms with Crippen LogP contribution in [0.25, 0.3) is 10.9 Å². The number of hydrogen-bond acceptors (Lipinski definition) is 4. The number of piperidine rings is 1. The SMILES string of the molecule is Cn1nc(N2CCCC(NC(=O)CCc3c[nH]c4ccccc34)C2)ccc1=O. The van der Waals surface area contributed by atoms with Gasteiger partial charge in [-0.25, -0.2) is 4.68 Å². The van der Waals surface area contributed by atoms with Gasteiger partial charge in [0.2, 0.25) is 5.91 Å². The van der Waals surface area contributed by atoms with Gasteiger partial charge in [0.1, 0.15) is 5.82 Å². The van der Waals surface area contributed by atoms with E-state index in [0.29, 0.717) is 19.4 Å². The van der Waals surface area contributed by atoms with E-state index in [9.17, 15) is 9.59 Å². The second-order valence-electron chi connectivity index (χ2n) is 7.37. The molecule has 1 aliphatic heterocycles. The first-order valence-electron chi connectivity index (χ1n) is 9.74. The Balaban J connectivity index is 1.33. The van der Waals surface area contributed by atoms with Crippen LogP contribution in [0.4, 0.5) is 5.82 Å². The quantitative estimate of drug-likeness (QED) is 0.710. The number of aryl methyl sites for hydroxylation is 2. The highest BCUT2D eigenvalue weighted by atomic mass is 16.1. The number of nitrogens with one attached hydrogen (secondary N) is 2. The number of H-pyrrole nitrogens is 1. The summed E-state index contributed by atoms with van der Waals surface area (Å²) >= 11 is 0. The van der Waals surface area contributed by atoms with E-state index >= 15 is 0 Å². The average Bonchev–Trinajstić information content (AvgIpc) is 3.12. The molecule has 1 aromatic carbocycles. The number of carbonyl (C=O) groups is 1. The summed E-state index contributed by atoms with van der Waals surface area (Å²) in [5, 5.41) is 8.67. The number of rotatable bonds is 5. The zero-order valence-electron chi connectivity index (χ0n) is 16.0. The Morgan fingerprint density at radius 3 is 3.00 bits per heavy atom. The Morgan fingerprint density at radius 2 is 2.14 bits per heavy atom. The predicted octanol–water partition coefficient (Wildman–Crippen LogP) is 1.98. The molecule has 0 radical (unpaired) electrons. The molecule has 146 valence electrons. The van der Waals surface area contributed by atoms with E-state index in [1.807, 2.05) is 24.4 Å². The summed E-state index contributed by atoms with van der Waals surface area (Å²) < 4.78 is 1.35. The van der Waals surface area contributed by atoms with Gasteiger partial charge in [-0.3, -0.25) is 9.59 Å². The molecule has 0 bridgehead atoms. The second-order valence-corrected chi connectivity index (χ2v) is 7.37. The Hall–Kier alpha value is -3.09. The van der Waals surface area contributed by atoms with Crippen molar-refractivity contribution in [2.75, 3.05) is 18.0 Å². The van der Waals surface area contributed by atoms with Gasteiger partial charge in [-0.05, 0) is 37.0 Å². The van der Waals surface area contributed by atoms with Crippen molar-refractivity contribution in [3.63, 3.8) is 0 Å². The molecule has 0 saturated carbocycles. The van der Waals surface area contributed by atoms with Crippen molar-refractivity contribution in [1.82, 2.24) is 20.1 Å². The van der Waals surface area contributed by atoms with Gasteiger partial charge in [0, 0.05) is 55.8 Å². The third-order valence-corrected chi connectivity index (χ3v) is 5.35. The molecule has 3 heterocycles. The minimum absolute atomic E-state index is 0.0746. The van der Waals surface area contributed by atoms with Gasteiger partial charge in [0.15, 0.2) is 0 Å². The Kier molecular flexibility index (Phi) is 5.14. The highest BCUT2D eigenvalue weighted by molar-refractivity contribution is 5.84.